The second-order valence-corrected chi connectivity index (χ2v) is 4.00. The molecular weight excluding hydrogens is 226 g/mol. The molecule has 0 saturated carbocycles. The third-order valence-electron chi connectivity index (χ3n) is 2.64. The molecule has 0 bridgehead atoms. The fourth-order valence-corrected chi connectivity index (χ4v) is 1.86. The highest BCUT2D eigenvalue weighted by Gasteiger charge is 2.13. The molecule has 4 heteroatoms. The van der Waals surface area contributed by atoms with Crippen LogP contribution in [0.15, 0.2) is 30.6 Å². The second-order valence-electron chi connectivity index (χ2n) is 4.00. The molecule has 0 unspecified atom stereocenters. The SMILES string of the molecule is CCNc1ncnc(-c2cccc(C)c2)c1OC. The van der Waals surface area contributed by atoms with Gasteiger partial charge in [-0.1, -0.05) is 23.8 Å². The summed E-state index contributed by atoms with van der Waals surface area (Å²) in [4.78, 5) is 8.53. The third-order valence-corrected chi connectivity index (χ3v) is 2.64. The fourth-order valence-electron chi connectivity index (χ4n) is 1.86. The summed E-state index contributed by atoms with van der Waals surface area (Å²) in [7, 11) is 1.64. The first kappa shape index (κ1) is 12.4. The zero-order valence-corrected chi connectivity index (χ0v) is 10.9. The van der Waals surface area contributed by atoms with E-state index in [-0.39, 0.29) is 0 Å². The molecule has 0 aliphatic carbocycles. The van der Waals surface area contributed by atoms with E-state index in [9.17, 15) is 0 Å². The van der Waals surface area contributed by atoms with E-state index in [2.05, 4.69) is 34.3 Å². The van der Waals surface area contributed by atoms with Gasteiger partial charge in [-0.25, -0.2) is 9.97 Å². The molecule has 0 amide bonds. The molecule has 0 fully saturated rings. The summed E-state index contributed by atoms with van der Waals surface area (Å²) < 4.78 is 5.44. The highest BCUT2D eigenvalue weighted by Crippen LogP contribution is 2.32. The lowest BCUT2D eigenvalue weighted by Gasteiger charge is -2.12. The van der Waals surface area contributed by atoms with Crippen LogP contribution in [-0.2, 0) is 0 Å². The van der Waals surface area contributed by atoms with Gasteiger partial charge >= 0.3 is 0 Å². The smallest absolute Gasteiger partial charge is 0.187 e. The van der Waals surface area contributed by atoms with Crippen LogP contribution < -0.4 is 10.1 Å². The first-order valence-corrected chi connectivity index (χ1v) is 5.96. The number of methoxy groups -OCH3 is 1. The van der Waals surface area contributed by atoms with Crippen molar-refractivity contribution in [1.82, 2.24) is 9.97 Å². The number of ether oxygens (including phenoxy) is 1. The average Bonchev–Trinajstić information content (AvgIpc) is 2.39. The van der Waals surface area contributed by atoms with Crippen molar-refractivity contribution in [2.24, 2.45) is 0 Å². The minimum atomic E-state index is 0.685. The zero-order valence-electron chi connectivity index (χ0n) is 10.9. The van der Waals surface area contributed by atoms with Gasteiger partial charge in [-0.2, -0.15) is 0 Å². The van der Waals surface area contributed by atoms with Crippen LogP contribution in [0.3, 0.4) is 0 Å². The van der Waals surface area contributed by atoms with Gasteiger partial charge in [0.05, 0.1) is 7.11 Å². The van der Waals surface area contributed by atoms with Gasteiger partial charge in [-0.3, -0.25) is 0 Å². The quantitative estimate of drug-likeness (QED) is 0.897. The number of hydrogen-bond donors (Lipinski definition) is 1. The summed E-state index contributed by atoms with van der Waals surface area (Å²) in [6.07, 6.45) is 1.55. The van der Waals surface area contributed by atoms with Crippen LogP contribution in [0.4, 0.5) is 5.82 Å². The van der Waals surface area contributed by atoms with E-state index in [1.807, 2.05) is 19.1 Å². The van der Waals surface area contributed by atoms with Gasteiger partial charge in [0, 0.05) is 12.1 Å². The molecule has 94 valence electrons. The van der Waals surface area contributed by atoms with Crippen LogP contribution in [0.5, 0.6) is 5.75 Å². The monoisotopic (exact) mass is 243 g/mol. The molecular formula is C14H17N3O. The summed E-state index contributed by atoms with van der Waals surface area (Å²) >= 11 is 0. The highest BCUT2D eigenvalue weighted by molar-refractivity contribution is 5.72. The fraction of sp³-hybridized carbons (Fsp3) is 0.286. The molecule has 0 atom stereocenters. The second kappa shape index (κ2) is 5.49. The van der Waals surface area contributed by atoms with E-state index in [1.54, 1.807) is 13.4 Å². The van der Waals surface area contributed by atoms with E-state index < -0.39 is 0 Å². The van der Waals surface area contributed by atoms with Crippen LogP contribution in [-0.4, -0.2) is 23.6 Å². The van der Waals surface area contributed by atoms with Crippen LogP contribution in [0.25, 0.3) is 11.3 Å². The van der Waals surface area contributed by atoms with Crippen molar-refractivity contribution in [3.8, 4) is 17.0 Å². The lowest BCUT2D eigenvalue weighted by molar-refractivity contribution is 0.414. The standard InChI is InChI=1S/C14H17N3O/c1-4-15-14-13(18-3)12(16-9-17-14)11-7-5-6-10(2)8-11/h5-9H,4H2,1-3H3,(H,15,16,17). The van der Waals surface area contributed by atoms with Crippen molar-refractivity contribution in [1.29, 1.82) is 0 Å². The normalized spacial score (nSPS) is 10.2. The van der Waals surface area contributed by atoms with Crippen molar-refractivity contribution in [2.75, 3.05) is 19.0 Å². The molecule has 4 nitrogen and oxygen atoms in total. The Balaban J connectivity index is 2.53. The van der Waals surface area contributed by atoms with Gasteiger partial charge < -0.3 is 10.1 Å². The number of rotatable bonds is 4. The summed E-state index contributed by atoms with van der Waals surface area (Å²) in [6, 6.07) is 8.18. The van der Waals surface area contributed by atoms with Crippen LogP contribution in [0.2, 0.25) is 0 Å². The summed E-state index contributed by atoms with van der Waals surface area (Å²) in [5, 5.41) is 3.18. The molecule has 0 spiro atoms. The van der Waals surface area contributed by atoms with E-state index in [4.69, 9.17) is 4.74 Å². The van der Waals surface area contributed by atoms with Gasteiger partial charge in [0.2, 0.25) is 0 Å². The molecule has 18 heavy (non-hydrogen) atoms. The Hall–Kier alpha value is -2.10. The Kier molecular flexibility index (Phi) is 3.77. The maximum Gasteiger partial charge on any atom is 0.187 e. The van der Waals surface area contributed by atoms with Gasteiger partial charge in [-0.05, 0) is 19.9 Å². The summed E-state index contributed by atoms with van der Waals surface area (Å²) in [6.45, 7) is 4.87. The number of anilines is 1. The topological polar surface area (TPSA) is 47.0 Å². The number of aryl methyl sites for hydroxylation is 1. The van der Waals surface area contributed by atoms with E-state index in [0.717, 1.165) is 23.6 Å². The molecule has 1 aromatic carbocycles. The highest BCUT2D eigenvalue weighted by atomic mass is 16.5. The first-order chi connectivity index (χ1) is 8.76. The van der Waals surface area contributed by atoms with E-state index in [0.29, 0.717) is 5.75 Å². The van der Waals surface area contributed by atoms with Gasteiger partial charge in [0.1, 0.15) is 12.0 Å². The zero-order chi connectivity index (χ0) is 13.0. The predicted molar refractivity (Wildman–Crippen MR) is 72.9 cm³/mol. The maximum absolute atomic E-state index is 5.44. The Morgan fingerprint density at radius 3 is 2.78 bits per heavy atom. The Morgan fingerprint density at radius 2 is 2.11 bits per heavy atom. The number of nitrogens with one attached hydrogen (secondary N) is 1. The minimum Gasteiger partial charge on any atom is -0.491 e. The largest absolute Gasteiger partial charge is 0.491 e. The van der Waals surface area contributed by atoms with Crippen LogP contribution in [0, 0.1) is 6.92 Å². The van der Waals surface area contributed by atoms with Gasteiger partial charge in [-0.15, -0.1) is 0 Å². The summed E-state index contributed by atoms with van der Waals surface area (Å²) in [5.74, 6) is 1.41. The first-order valence-electron chi connectivity index (χ1n) is 5.96. The number of aromatic nitrogens is 2. The van der Waals surface area contributed by atoms with Crippen molar-refractivity contribution < 1.29 is 4.74 Å². The van der Waals surface area contributed by atoms with Crippen molar-refractivity contribution >= 4 is 5.82 Å². The molecule has 0 radical (unpaired) electrons. The van der Waals surface area contributed by atoms with Crippen LogP contribution >= 0.6 is 0 Å². The van der Waals surface area contributed by atoms with Crippen molar-refractivity contribution in [2.45, 2.75) is 13.8 Å². The number of hydrogen-bond acceptors (Lipinski definition) is 4. The maximum atomic E-state index is 5.44. The minimum absolute atomic E-state index is 0.685. The Morgan fingerprint density at radius 1 is 1.28 bits per heavy atom. The van der Waals surface area contributed by atoms with E-state index >= 15 is 0 Å². The van der Waals surface area contributed by atoms with Crippen molar-refractivity contribution in [3.63, 3.8) is 0 Å². The van der Waals surface area contributed by atoms with Gasteiger partial charge in [0.25, 0.3) is 0 Å². The predicted octanol–water partition coefficient (Wildman–Crippen LogP) is 2.89. The summed E-state index contributed by atoms with van der Waals surface area (Å²) in [5.41, 5.74) is 3.04. The number of benzene rings is 1. The van der Waals surface area contributed by atoms with Gasteiger partial charge in [0.15, 0.2) is 11.6 Å². The third kappa shape index (κ3) is 2.42. The molecule has 2 rings (SSSR count). The Bertz CT molecular complexity index is 540. The average molecular weight is 243 g/mol. The lowest BCUT2D eigenvalue weighted by atomic mass is 10.1. The van der Waals surface area contributed by atoms with E-state index in [1.165, 1.54) is 5.56 Å². The Labute approximate surface area is 107 Å². The lowest BCUT2D eigenvalue weighted by Crippen LogP contribution is -2.04. The molecule has 0 saturated heterocycles. The number of nitrogens with zero attached hydrogens (tertiary/aromatic N) is 2. The molecule has 2 aromatic rings. The van der Waals surface area contributed by atoms with Crippen LogP contribution in [0.1, 0.15) is 12.5 Å². The molecule has 1 aromatic heterocycles. The molecule has 1 heterocycles. The molecule has 0 aliphatic rings. The molecule has 0 aliphatic heterocycles. The van der Waals surface area contributed by atoms with Crippen molar-refractivity contribution in [3.05, 3.63) is 36.2 Å². The molecule has 1 N–H and O–H groups in total.